The Bertz CT molecular complexity index is 271. The van der Waals surface area contributed by atoms with E-state index in [1.54, 1.807) is 7.11 Å². The van der Waals surface area contributed by atoms with Crippen LogP contribution in [0.15, 0.2) is 11.8 Å². The molecule has 0 radical (unpaired) electrons. The van der Waals surface area contributed by atoms with Crippen molar-refractivity contribution >= 4 is 8.80 Å². The van der Waals surface area contributed by atoms with Crippen LogP contribution in [0.2, 0.25) is 0 Å². The summed E-state index contributed by atoms with van der Waals surface area (Å²) in [6, 6.07) is 0. The Kier molecular flexibility index (Phi) is 7.98. The first-order valence-electron chi connectivity index (χ1n) is 7.83. The highest BCUT2D eigenvalue weighted by Crippen LogP contribution is 2.33. The topological polar surface area (TPSA) is 36.9 Å². The van der Waals surface area contributed by atoms with Gasteiger partial charge in [0.25, 0.3) is 0 Å². The van der Waals surface area contributed by atoms with Crippen LogP contribution in [0.25, 0.3) is 0 Å². The maximum Gasteiger partial charge on any atom is 0.529 e. The number of hydrogen-bond donors (Lipinski definition) is 0. The first-order valence-corrected chi connectivity index (χ1v) is 9.63. The molecular formula is C15H30O4Si. The van der Waals surface area contributed by atoms with Crippen molar-refractivity contribution in [2.45, 2.75) is 58.5 Å². The van der Waals surface area contributed by atoms with Crippen LogP contribution < -0.4 is 0 Å². The lowest BCUT2D eigenvalue weighted by molar-refractivity contribution is 0.00130. The molecule has 1 aliphatic rings. The van der Waals surface area contributed by atoms with Gasteiger partial charge in [-0.15, -0.1) is 0 Å². The molecule has 1 rings (SSSR count). The largest absolute Gasteiger partial charge is 0.529 e. The van der Waals surface area contributed by atoms with Crippen LogP contribution in [0.3, 0.4) is 0 Å². The molecule has 1 saturated carbocycles. The molecule has 5 heteroatoms. The van der Waals surface area contributed by atoms with E-state index in [1.165, 1.54) is 19.3 Å². The number of hydrogen-bond acceptors (Lipinski definition) is 4. The molecule has 4 nitrogen and oxygen atoms in total. The van der Waals surface area contributed by atoms with Crippen LogP contribution in [0, 0.1) is 0 Å². The smallest absolute Gasteiger partial charge is 0.374 e. The van der Waals surface area contributed by atoms with E-state index in [-0.39, 0.29) is 5.60 Å². The molecule has 1 fully saturated rings. The Morgan fingerprint density at radius 2 is 1.40 bits per heavy atom. The molecule has 0 atom stereocenters. The highest BCUT2D eigenvalue weighted by molar-refractivity contribution is 6.66. The maximum atomic E-state index is 5.84. The van der Waals surface area contributed by atoms with E-state index in [9.17, 15) is 0 Å². The van der Waals surface area contributed by atoms with Crippen molar-refractivity contribution in [1.29, 1.82) is 0 Å². The minimum atomic E-state index is -2.70. The molecule has 0 unspecified atom stereocenters. The Balaban J connectivity index is 2.86. The summed E-state index contributed by atoms with van der Waals surface area (Å²) in [7, 11) is -0.911. The third kappa shape index (κ3) is 4.97. The van der Waals surface area contributed by atoms with E-state index < -0.39 is 8.80 Å². The second-order valence-corrected chi connectivity index (χ2v) is 7.47. The second kappa shape index (κ2) is 8.95. The molecule has 1 aliphatic carbocycles. The van der Waals surface area contributed by atoms with Crippen molar-refractivity contribution in [3.8, 4) is 0 Å². The summed E-state index contributed by atoms with van der Waals surface area (Å²) in [5.74, 6) is 0. The van der Waals surface area contributed by atoms with Gasteiger partial charge in [-0.3, -0.25) is 0 Å². The van der Waals surface area contributed by atoms with Crippen LogP contribution in [0.5, 0.6) is 0 Å². The van der Waals surface area contributed by atoms with Gasteiger partial charge in [0.2, 0.25) is 0 Å². The molecule has 0 N–H and O–H groups in total. The first kappa shape index (κ1) is 17.8. The molecule has 0 aliphatic heterocycles. The summed E-state index contributed by atoms with van der Waals surface area (Å²) in [5, 5.41) is 0. The predicted molar refractivity (Wildman–Crippen MR) is 82.6 cm³/mol. The summed E-state index contributed by atoms with van der Waals surface area (Å²) in [6.45, 7) is 7.70. The van der Waals surface area contributed by atoms with Crippen molar-refractivity contribution in [2.24, 2.45) is 0 Å². The number of methoxy groups -OCH3 is 1. The van der Waals surface area contributed by atoms with Crippen molar-refractivity contribution < 1.29 is 18.0 Å². The fourth-order valence-corrected chi connectivity index (χ4v) is 4.97. The Hall–Kier alpha value is -0.203. The van der Waals surface area contributed by atoms with E-state index in [0.717, 1.165) is 12.8 Å². The molecular weight excluding hydrogens is 272 g/mol. The Morgan fingerprint density at radius 3 is 1.80 bits per heavy atom. The quantitative estimate of drug-likeness (QED) is 0.611. The van der Waals surface area contributed by atoms with E-state index in [2.05, 4.69) is 6.08 Å². The highest BCUT2D eigenvalue weighted by Gasteiger charge is 2.39. The van der Waals surface area contributed by atoms with Crippen LogP contribution >= 0.6 is 0 Å². The molecule has 0 saturated heterocycles. The molecule has 20 heavy (non-hydrogen) atoms. The van der Waals surface area contributed by atoms with Gasteiger partial charge in [-0.2, -0.15) is 0 Å². The van der Waals surface area contributed by atoms with Crippen LogP contribution in [0.4, 0.5) is 0 Å². The number of rotatable bonds is 9. The molecule has 0 amide bonds. The maximum absolute atomic E-state index is 5.84. The Labute approximate surface area is 124 Å². The average Bonchev–Trinajstić information content (AvgIpc) is 2.47. The summed E-state index contributed by atoms with van der Waals surface area (Å²) >= 11 is 0. The van der Waals surface area contributed by atoms with Gasteiger partial charge in [0.15, 0.2) is 0 Å². The monoisotopic (exact) mass is 302 g/mol. The Morgan fingerprint density at radius 1 is 0.900 bits per heavy atom. The van der Waals surface area contributed by atoms with Gasteiger partial charge >= 0.3 is 8.80 Å². The molecule has 0 spiro atoms. The number of ether oxygens (including phenoxy) is 1. The minimum absolute atomic E-state index is 0.165. The summed E-state index contributed by atoms with van der Waals surface area (Å²) in [4.78, 5) is 0. The standard InChI is InChI=1S/C15H30O4Si/c1-5-17-20(18-6-2,19-7-3)14-13-15(16-4)11-9-8-10-12-15/h13-14H,5-12H2,1-4H3/b14-13+. The lowest BCUT2D eigenvalue weighted by Gasteiger charge is -2.34. The van der Waals surface area contributed by atoms with Crippen LogP contribution in [-0.4, -0.2) is 41.3 Å². The van der Waals surface area contributed by atoms with Crippen molar-refractivity contribution in [3.63, 3.8) is 0 Å². The third-order valence-corrected chi connectivity index (χ3v) is 6.38. The summed E-state index contributed by atoms with van der Waals surface area (Å²) in [6.07, 6.45) is 7.99. The SMILES string of the molecule is CCO[Si](/C=C/C1(OC)CCCCC1)(OCC)OCC. The highest BCUT2D eigenvalue weighted by atomic mass is 28.4. The fraction of sp³-hybridized carbons (Fsp3) is 0.867. The molecule has 0 aromatic heterocycles. The van der Waals surface area contributed by atoms with Gasteiger partial charge in [0, 0.05) is 26.9 Å². The second-order valence-electron chi connectivity index (χ2n) is 5.07. The predicted octanol–water partition coefficient (Wildman–Crippen LogP) is 3.48. The van der Waals surface area contributed by atoms with E-state index in [1.807, 2.05) is 26.5 Å². The zero-order valence-electron chi connectivity index (χ0n) is 13.4. The van der Waals surface area contributed by atoms with Gasteiger partial charge < -0.3 is 18.0 Å². The first-order chi connectivity index (χ1) is 9.66. The molecule has 118 valence electrons. The zero-order valence-corrected chi connectivity index (χ0v) is 14.4. The van der Waals surface area contributed by atoms with E-state index in [0.29, 0.717) is 19.8 Å². The lowest BCUT2D eigenvalue weighted by atomic mass is 9.85. The van der Waals surface area contributed by atoms with Gasteiger partial charge in [0.1, 0.15) is 0 Å². The summed E-state index contributed by atoms with van der Waals surface area (Å²) in [5.41, 5.74) is 1.86. The van der Waals surface area contributed by atoms with Crippen LogP contribution in [0.1, 0.15) is 52.9 Å². The van der Waals surface area contributed by atoms with Crippen molar-refractivity contribution in [1.82, 2.24) is 0 Å². The molecule has 0 aromatic rings. The minimum Gasteiger partial charge on any atom is -0.374 e. The van der Waals surface area contributed by atoms with E-state index >= 15 is 0 Å². The molecule has 0 heterocycles. The fourth-order valence-electron chi connectivity index (χ4n) is 2.72. The van der Waals surface area contributed by atoms with Crippen molar-refractivity contribution in [3.05, 3.63) is 11.8 Å². The summed E-state index contributed by atoms with van der Waals surface area (Å²) < 4.78 is 23.3. The lowest BCUT2D eigenvalue weighted by Crippen LogP contribution is -2.45. The van der Waals surface area contributed by atoms with Gasteiger partial charge in [0.05, 0.1) is 5.60 Å². The normalized spacial score (nSPS) is 19.6. The van der Waals surface area contributed by atoms with Gasteiger partial charge in [-0.25, -0.2) is 0 Å². The van der Waals surface area contributed by atoms with Gasteiger partial charge in [-0.1, -0.05) is 25.3 Å². The van der Waals surface area contributed by atoms with Crippen molar-refractivity contribution in [2.75, 3.05) is 26.9 Å². The van der Waals surface area contributed by atoms with Gasteiger partial charge in [-0.05, 0) is 39.3 Å². The molecule has 0 aromatic carbocycles. The average molecular weight is 302 g/mol. The third-order valence-electron chi connectivity index (χ3n) is 3.73. The van der Waals surface area contributed by atoms with E-state index in [4.69, 9.17) is 18.0 Å². The van der Waals surface area contributed by atoms with Crippen LogP contribution in [-0.2, 0) is 18.0 Å². The molecule has 0 bridgehead atoms. The zero-order chi connectivity index (χ0) is 14.9.